The van der Waals surface area contributed by atoms with E-state index in [-0.39, 0.29) is 5.91 Å². The number of thiophene rings is 1. The second-order valence-corrected chi connectivity index (χ2v) is 5.02. The van der Waals surface area contributed by atoms with Gasteiger partial charge in [0.05, 0.1) is 15.9 Å². The molecule has 0 aliphatic carbocycles. The molecule has 0 unspecified atom stereocenters. The molecule has 94 valence electrons. The van der Waals surface area contributed by atoms with Crippen molar-refractivity contribution in [2.45, 2.75) is 0 Å². The van der Waals surface area contributed by atoms with Crippen LogP contribution in [-0.2, 0) is 0 Å². The van der Waals surface area contributed by atoms with E-state index in [9.17, 15) is 4.79 Å². The minimum atomic E-state index is -0.0155. The molecule has 0 bridgehead atoms. The van der Waals surface area contributed by atoms with Crippen molar-refractivity contribution in [3.8, 4) is 0 Å². The molecule has 2 heterocycles. The number of benzene rings is 1. The molecule has 0 spiro atoms. The summed E-state index contributed by atoms with van der Waals surface area (Å²) in [4.78, 5) is 23.1. The number of fused-ring (bicyclic) bond motifs is 1. The molecule has 0 atom stereocenters. The van der Waals surface area contributed by atoms with Crippen molar-refractivity contribution < 1.29 is 4.79 Å². The molecule has 3 rings (SSSR count). The van der Waals surface area contributed by atoms with E-state index in [1.807, 2.05) is 35.7 Å². The SMILES string of the molecule is CN(C(=O)c1cccs1)c1ccc2nccnc2c1. The molecule has 0 saturated carbocycles. The van der Waals surface area contributed by atoms with Crippen LogP contribution in [0.4, 0.5) is 5.69 Å². The van der Waals surface area contributed by atoms with Crippen LogP contribution in [-0.4, -0.2) is 22.9 Å². The molecule has 3 aromatic rings. The van der Waals surface area contributed by atoms with E-state index in [1.165, 1.54) is 11.3 Å². The fraction of sp³-hybridized carbons (Fsp3) is 0.0714. The van der Waals surface area contributed by atoms with E-state index in [1.54, 1.807) is 24.3 Å². The maximum atomic E-state index is 12.2. The molecule has 0 N–H and O–H groups in total. The third-order valence-corrected chi connectivity index (χ3v) is 3.73. The first kappa shape index (κ1) is 11.8. The molecule has 0 aliphatic rings. The Kier molecular flexibility index (Phi) is 2.97. The third kappa shape index (κ3) is 2.20. The van der Waals surface area contributed by atoms with Crippen molar-refractivity contribution in [2.24, 2.45) is 0 Å². The number of hydrogen-bond acceptors (Lipinski definition) is 4. The van der Waals surface area contributed by atoms with E-state index in [0.717, 1.165) is 21.6 Å². The lowest BCUT2D eigenvalue weighted by Crippen LogP contribution is -2.25. The van der Waals surface area contributed by atoms with Gasteiger partial charge in [-0.05, 0) is 29.6 Å². The lowest BCUT2D eigenvalue weighted by Gasteiger charge is -2.16. The average molecular weight is 269 g/mol. The minimum absolute atomic E-state index is 0.0155. The number of rotatable bonds is 2. The standard InChI is InChI=1S/C14H11N3OS/c1-17(14(18)13-3-2-8-19-13)10-4-5-11-12(9-10)16-7-6-15-11/h2-9H,1H3. The van der Waals surface area contributed by atoms with E-state index < -0.39 is 0 Å². The first-order valence-electron chi connectivity index (χ1n) is 5.78. The van der Waals surface area contributed by atoms with Crippen molar-refractivity contribution in [1.82, 2.24) is 9.97 Å². The molecule has 5 heteroatoms. The van der Waals surface area contributed by atoms with Gasteiger partial charge in [-0.15, -0.1) is 11.3 Å². The largest absolute Gasteiger partial charge is 0.311 e. The van der Waals surface area contributed by atoms with E-state index in [0.29, 0.717) is 0 Å². The van der Waals surface area contributed by atoms with Crippen LogP contribution >= 0.6 is 11.3 Å². The highest BCUT2D eigenvalue weighted by Crippen LogP contribution is 2.21. The summed E-state index contributed by atoms with van der Waals surface area (Å²) >= 11 is 1.44. The highest BCUT2D eigenvalue weighted by molar-refractivity contribution is 7.12. The van der Waals surface area contributed by atoms with Crippen molar-refractivity contribution in [3.63, 3.8) is 0 Å². The number of amides is 1. The number of anilines is 1. The van der Waals surface area contributed by atoms with Gasteiger partial charge in [-0.3, -0.25) is 14.8 Å². The molecule has 2 aromatic heterocycles. The highest BCUT2D eigenvalue weighted by Gasteiger charge is 2.14. The van der Waals surface area contributed by atoms with Crippen LogP contribution in [0.5, 0.6) is 0 Å². The molecule has 4 nitrogen and oxygen atoms in total. The summed E-state index contributed by atoms with van der Waals surface area (Å²) < 4.78 is 0. The fourth-order valence-electron chi connectivity index (χ4n) is 1.84. The van der Waals surface area contributed by atoms with Gasteiger partial charge in [0, 0.05) is 25.1 Å². The number of carbonyl (C=O) groups excluding carboxylic acids is 1. The molecule has 1 amide bonds. The second kappa shape index (κ2) is 4.78. The van der Waals surface area contributed by atoms with E-state index in [4.69, 9.17) is 0 Å². The molecule has 1 aromatic carbocycles. The van der Waals surface area contributed by atoms with Crippen LogP contribution < -0.4 is 4.90 Å². The summed E-state index contributed by atoms with van der Waals surface area (Å²) in [6, 6.07) is 9.31. The lowest BCUT2D eigenvalue weighted by atomic mass is 10.2. The predicted molar refractivity (Wildman–Crippen MR) is 76.6 cm³/mol. The van der Waals surface area contributed by atoms with Gasteiger partial charge in [0.15, 0.2) is 0 Å². The smallest absolute Gasteiger partial charge is 0.268 e. The topological polar surface area (TPSA) is 46.1 Å². The van der Waals surface area contributed by atoms with Crippen LogP contribution in [0.1, 0.15) is 9.67 Å². The lowest BCUT2D eigenvalue weighted by molar-refractivity contribution is 0.0997. The number of aromatic nitrogens is 2. The summed E-state index contributed by atoms with van der Waals surface area (Å²) in [6.45, 7) is 0. The third-order valence-electron chi connectivity index (χ3n) is 2.88. The quantitative estimate of drug-likeness (QED) is 0.718. The molecule has 0 fully saturated rings. The second-order valence-electron chi connectivity index (χ2n) is 4.07. The number of nitrogens with zero attached hydrogens (tertiary/aromatic N) is 3. The Hall–Kier alpha value is -2.27. The molecular weight excluding hydrogens is 258 g/mol. The zero-order chi connectivity index (χ0) is 13.2. The first-order valence-corrected chi connectivity index (χ1v) is 6.66. The van der Waals surface area contributed by atoms with Crippen molar-refractivity contribution >= 4 is 34.0 Å². The van der Waals surface area contributed by atoms with E-state index in [2.05, 4.69) is 9.97 Å². The van der Waals surface area contributed by atoms with Gasteiger partial charge in [-0.1, -0.05) is 6.07 Å². The fourth-order valence-corrected chi connectivity index (χ4v) is 2.54. The van der Waals surface area contributed by atoms with Gasteiger partial charge >= 0.3 is 0 Å². The Morgan fingerprint density at radius 1 is 1.16 bits per heavy atom. The Morgan fingerprint density at radius 2 is 1.95 bits per heavy atom. The summed E-state index contributed by atoms with van der Waals surface area (Å²) in [6.07, 6.45) is 3.30. The first-order chi connectivity index (χ1) is 9.25. The Morgan fingerprint density at radius 3 is 2.68 bits per heavy atom. The number of hydrogen-bond donors (Lipinski definition) is 0. The normalized spacial score (nSPS) is 10.6. The zero-order valence-corrected chi connectivity index (χ0v) is 11.1. The van der Waals surface area contributed by atoms with Crippen molar-refractivity contribution in [2.75, 3.05) is 11.9 Å². The van der Waals surface area contributed by atoms with Gasteiger partial charge in [0.25, 0.3) is 5.91 Å². The summed E-state index contributed by atoms with van der Waals surface area (Å²) in [5.41, 5.74) is 2.42. The van der Waals surface area contributed by atoms with Crippen LogP contribution in [0.2, 0.25) is 0 Å². The summed E-state index contributed by atoms with van der Waals surface area (Å²) in [7, 11) is 1.76. The summed E-state index contributed by atoms with van der Waals surface area (Å²) in [5.74, 6) is -0.0155. The molecule has 0 aliphatic heterocycles. The molecular formula is C14H11N3OS. The maximum Gasteiger partial charge on any atom is 0.268 e. The number of carbonyl (C=O) groups is 1. The van der Waals surface area contributed by atoms with Crippen LogP contribution in [0.3, 0.4) is 0 Å². The van der Waals surface area contributed by atoms with Gasteiger partial charge < -0.3 is 4.90 Å². The molecule has 0 saturated heterocycles. The van der Waals surface area contributed by atoms with Crippen molar-refractivity contribution in [1.29, 1.82) is 0 Å². The zero-order valence-electron chi connectivity index (χ0n) is 10.3. The van der Waals surface area contributed by atoms with Gasteiger partial charge in [0.2, 0.25) is 0 Å². The maximum absolute atomic E-state index is 12.2. The van der Waals surface area contributed by atoms with Gasteiger partial charge in [-0.2, -0.15) is 0 Å². The van der Waals surface area contributed by atoms with Crippen LogP contribution in [0, 0.1) is 0 Å². The van der Waals surface area contributed by atoms with Gasteiger partial charge in [0.1, 0.15) is 0 Å². The Balaban J connectivity index is 1.97. The van der Waals surface area contributed by atoms with Crippen LogP contribution in [0.25, 0.3) is 11.0 Å². The Bertz CT molecular complexity index is 724. The van der Waals surface area contributed by atoms with Crippen LogP contribution in [0.15, 0.2) is 48.1 Å². The monoisotopic (exact) mass is 269 g/mol. The average Bonchev–Trinajstić information content (AvgIpc) is 2.99. The Labute approximate surface area is 114 Å². The molecule has 19 heavy (non-hydrogen) atoms. The van der Waals surface area contributed by atoms with E-state index >= 15 is 0 Å². The predicted octanol–water partition coefficient (Wildman–Crippen LogP) is 2.97. The highest BCUT2D eigenvalue weighted by atomic mass is 32.1. The minimum Gasteiger partial charge on any atom is -0.311 e. The van der Waals surface area contributed by atoms with Gasteiger partial charge in [-0.25, -0.2) is 0 Å². The molecule has 0 radical (unpaired) electrons. The van der Waals surface area contributed by atoms with Crippen molar-refractivity contribution in [3.05, 3.63) is 53.0 Å². The summed E-state index contributed by atoms with van der Waals surface area (Å²) in [5, 5.41) is 1.90.